The fraction of sp³-hybridized carbons (Fsp3) is 0.417. The molecule has 1 aliphatic rings. The van der Waals surface area contributed by atoms with Gasteiger partial charge in [-0.05, 0) is 47.9 Å². The average Bonchev–Trinajstić information content (AvgIpc) is 3.12. The van der Waals surface area contributed by atoms with Gasteiger partial charge in [0, 0.05) is 5.02 Å². The van der Waals surface area contributed by atoms with E-state index in [4.69, 9.17) is 23.2 Å². The van der Waals surface area contributed by atoms with Gasteiger partial charge in [0.2, 0.25) is 0 Å². The van der Waals surface area contributed by atoms with Crippen molar-refractivity contribution in [2.24, 2.45) is 0 Å². The quantitative estimate of drug-likeness (QED) is 0.941. The molecule has 0 atom stereocenters. The van der Waals surface area contributed by atoms with Gasteiger partial charge < -0.3 is 5.32 Å². The molecule has 0 spiro atoms. The molecular weight excluding hydrogens is 285 g/mol. The number of halogens is 2. The number of anilines is 1. The summed E-state index contributed by atoms with van der Waals surface area (Å²) < 4.78 is 1.87. The Balaban J connectivity index is 1.75. The lowest BCUT2D eigenvalue weighted by Crippen LogP contribution is -2.09. The molecule has 0 radical (unpaired) electrons. The number of benzene rings is 1. The van der Waals surface area contributed by atoms with E-state index in [-0.39, 0.29) is 0 Å². The molecule has 1 aromatic heterocycles. The molecule has 1 aliphatic carbocycles. The van der Waals surface area contributed by atoms with Gasteiger partial charge in [-0.25, -0.2) is 4.68 Å². The first-order valence-corrected chi connectivity index (χ1v) is 6.87. The maximum atomic E-state index is 6.18. The van der Waals surface area contributed by atoms with Crippen LogP contribution in [0.1, 0.15) is 30.3 Å². The zero-order chi connectivity index (χ0) is 13.4. The molecule has 7 heteroatoms. The van der Waals surface area contributed by atoms with Crippen LogP contribution in [-0.2, 0) is 6.54 Å². The van der Waals surface area contributed by atoms with Crippen LogP contribution in [0.5, 0.6) is 0 Å². The first kappa shape index (κ1) is 12.7. The maximum absolute atomic E-state index is 6.18. The number of nitrogens with zero attached hydrogens (tertiary/aromatic N) is 4. The summed E-state index contributed by atoms with van der Waals surface area (Å²) in [4.78, 5) is 0. The minimum atomic E-state index is 0.462. The molecule has 0 saturated heterocycles. The summed E-state index contributed by atoms with van der Waals surface area (Å²) in [6.07, 6.45) is 2.30. The van der Waals surface area contributed by atoms with Gasteiger partial charge in [0.25, 0.3) is 0 Å². The maximum Gasteiger partial charge on any atom is 0.170 e. The Bertz CT molecular complexity index is 606. The molecule has 0 bridgehead atoms. The minimum absolute atomic E-state index is 0.462. The zero-order valence-corrected chi connectivity index (χ0v) is 11.9. The molecule has 1 saturated carbocycles. The van der Waals surface area contributed by atoms with E-state index in [1.54, 1.807) is 0 Å². The Labute approximate surface area is 120 Å². The van der Waals surface area contributed by atoms with Crippen molar-refractivity contribution < 1.29 is 0 Å². The molecule has 2 aromatic rings. The van der Waals surface area contributed by atoms with E-state index >= 15 is 0 Å². The molecule has 1 heterocycles. The van der Waals surface area contributed by atoms with E-state index in [0.717, 1.165) is 29.9 Å². The van der Waals surface area contributed by atoms with E-state index < -0.39 is 0 Å². The van der Waals surface area contributed by atoms with Crippen molar-refractivity contribution in [1.29, 1.82) is 0 Å². The Morgan fingerprint density at radius 3 is 2.84 bits per heavy atom. The minimum Gasteiger partial charge on any atom is -0.376 e. The third kappa shape index (κ3) is 2.67. The number of nitrogens with one attached hydrogen (secondary N) is 1. The fourth-order valence-electron chi connectivity index (χ4n) is 1.89. The third-order valence-corrected chi connectivity index (χ3v) is 3.86. The summed E-state index contributed by atoms with van der Waals surface area (Å²) in [7, 11) is 0. The highest BCUT2D eigenvalue weighted by atomic mass is 35.5. The molecule has 5 nitrogen and oxygen atoms in total. The highest BCUT2D eigenvalue weighted by Crippen LogP contribution is 2.34. The Kier molecular flexibility index (Phi) is 3.33. The fourth-order valence-corrected chi connectivity index (χ4v) is 2.34. The molecule has 1 N–H and O–H groups in total. The van der Waals surface area contributed by atoms with Crippen LogP contribution in [0.3, 0.4) is 0 Å². The predicted molar refractivity (Wildman–Crippen MR) is 74.6 cm³/mol. The number of aryl methyl sites for hydroxylation is 1. The topological polar surface area (TPSA) is 55.6 Å². The van der Waals surface area contributed by atoms with Crippen LogP contribution in [0.2, 0.25) is 10.0 Å². The van der Waals surface area contributed by atoms with Gasteiger partial charge >= 0.3 is 0 Å². The average molecular weight is 298 g/mol. The van der Waals surface area contributed by atoms with E-state index in [1.165, 1.54) is 0 Å². The van der Waals surface area contributed by atoms with Crippen molar-refractivity contribution in [3.05, 3.63) is 33.6 Å². The van der Waals surface area contributed by atoms with Crippen molar-refractivity contribution in [1.82, 2.24) is 20.2 Å². The highest BCUT2D eigenvalue weighted by molar-refractivity contribution is 6.35. The first-order valence-electron chi connectivity index (χ1n) is 6.11. The lowest BCUT2D eigenvalue weighted by molar-refractivity contribution is 0.586. The highest BCUT2D eigenvalue weighted by Gasteiger charge is 2.27. The Morgan fingerprint density at radius 2 is 2.11 bits per heavy atom. The standard InChI is InChI=1S/C12H13Cl2N5/c1-7-4-10(14)11(5-9(7)13)15-6-12-16-17-18-19(12)8-2-3-8/h4-5,8,15H,2-3,6H2,1H3. The second-order valence-electron chi connectivity index (χ2n) is 4.71. The van der Waals surface area contributed by atoms with Gasteiger partial charge in [0.15, 0.2) is 5.82 Å². The van der Waals surface area contributed by atoms with E-state index in [9.17, 15) is 0 Å². The van der Waals surface area contributed by atoms with Crippen LogP contribution in [0, 0.1) is 6.92 Å². The van der Waals surface area contributed by atoms with Crippen molar-refractivity contribution in [2.75, 3.05) is 5.32 Å². The van der Waals surface area contributed by atoms with E-state index in [0.29, 0.717) is 22.6 Å². The largest absolute Gasteiger partial charge is 0.376 e. The summed E-state index contributed by atoms with van der Waals surface area (Å²) >= 11 is 12.3. The molecule has 0 aliphatic heterocycles. The third-order valence-electron chi connectivity index (χ3n) is 3.14. The smallest absolute Gasteiger partial charge is 0.170 e. The van der Waals surface area contributed by atoms with Crippen LogP contribution in [0.25, 0.3) is 0 Å². The van der Waals surface area contributed by atoms with Crippen molar-refractivity contribution in [2.45, 2.75) is 32.4 Å². The van der Waals surface area contributed by atoms with E-state index in [1.807, 2.05) is 23.7 Å². The SMILES string of the molecule is Cc1cc(Cl)c(NCc2nnnn2C2CC2)cc1Cl. The number of aromatic nitrogens is 4. The summed E-state index contributed by atoms with van der Waals surface area (Å²) in [5.41, 5.74) is 1.75. The summed E-state index contributed by atoms with van der Waals surface area (Å²) in [5.74, 6) is 0.815. The van der Waals surface area contributed by atoms with Crippen LogP contribution in [0.15, 0.2) is 12.1 Å². The van der Waals surface area contributed by atoms with Crippen molar-refractivity contribution in [3.8, 4) is 0 Å². The van der Waals surface area contributed by atoms with Gasteiger partial charge in [-0.15, -0.1) is 5.10 Å². The van der Waals surface area contributed by atoms with Crippen LogP contribution in [0.4, 0.5) is 5.69 Å². The van der Waals surface area contributed by atoms with Crippen LogP contribution < -0.4 is 5.32 Å². The molecule has 3 rings (SSSR count). The van der Waals surface area contributed by atoms with Gasteiger partial charge in [0.05, 0.1) is 23.3 Å². The lowest BCUT2D eigenvalue weighted by atomic mass is 10.2. The van der Waals surface area contributed by atoms with Crippen molar-refractivity contribution >= 4 is 28.9 Å². The molecule has 1 aromatic carbocycles. The second kappa shape index (κ2) is 4.98. The van der Waals surface area contributed by atoms with Crippen molar-refractivity contribution in [3.63, 3.8) is 0 Å². The normalized spacial score (nSPS) is 14.7. The van der Waals surface area contributed by atoms with E-state index in [2.05, 4.69) is 20.8 Å². The van der Waals surface area contributed by atoms with Gasteiger partial charge in [-0.1, -0.05) is 23.2 Å². The summed E-state index contributed by atoms with van der Waals surface area (Å²) in [5, 5.41) is 16.3. The predicted octanol–water partition coefficient (Wildman–Crippen LogP) is 3.24. The van der Waals surface area contributed by atoms with Gasteiger partial charge in [-0.2, -0.15) is 0 Å². The lowest BCUT2D eigenvalue weighted by Gasteiger charge is -2.10. The summed E-state index contributed by atoms with van der Waals surface area (Å²) in [6.45, 7) is 2.45. The number of rotatable bonds is 4. The number of hydrogen-bond donors (Lipinski definition) is 1. The molecular formula is C12H13Cl2N5. The molecule has 0 amide bonds. The van der Waals surface area contributed by atoms with Crippen LogP contribution >= 0.6 is 23.2 Å². The van der Waals surface area contributed by atoms with Gasteiger partial charge in [-0.3, -0.25) is 0 Å². The van der Waals surface area contributed by atoms with Gasteiger partial charge in [0.1, 0.15) is 0 Å². The molecule has 100 valence electrons. The monoisotopic (exact) mass is 297 g/mol. The summed E-state index contributed by atoms with van der Waals surface area (Å²) in [6, 6.07) is 4.13. The zero-order valence-electron chi connectivity index (χ0n) is 10.4. The number of tetrazole rings is 1. The molecule has 1 fully saturated rings. The van der Waals surface area contributed by atoms with Crippen LogP contribution in [-0.4, -0.2) is 20.2 Å². The Hall–Kier alpha value is -1.33. The molecule has 19 heavy (non-hydrogen) atoms. The Morgan fingerprint density at radius 1 is 1.32 bits per heavy atom. The number of hydrogen-bond acceptors (Lipinski definition) is 4. The second-order valence-corrected chi connectivity index (χ2v) is 5.52. The molecule has 0 unspecified atom stereocenters. The first-order chi connectivity index (χ1) is 9.15.